The molecule has 3 nitrogen and oxygen atoms in total. The Balaban J connectivity index is 2.11. The van der Waals surface area contributed by atoms with Crippen LogP contribution in [0.25, 0.3) is 0 Å². The van der Waals surface area contributed by atoms with Gasteiger partial charge in [0.05, 0.1) is 14.2 Å². The highest BCUT2D eigenvalue weighted by molar-refractivity contribution is 5.48. The van der Waals surface area contributed by atoms with E-state index in [4.69, 9.17) is 14.2 Å². The number of ether oxygens (including phenoxy) is 3. The molecule has 2 rings (SSSR count). The third-order valence-electron chi connectivity index (χ3n) is 2.94. The van der Waals surface area contributed by atoms with Crippen LogP contribution in [-0.4, -0.2) is 26.9 Å². The summed E-state index contributed by atoms with van der Waals surface area (Å²) in [6.45, 7) is 0.825. The number of benzene rings is 1. The van der Waals surface area contributed by atoms with E-state index in [2.05, 4.69) is 11.8 Å². The summed E-state index contributed by atoms with van der Waals surface area (Å²) in [5.74, 6) is 7.71. The lowest BCUT2D eigenvalue weighted by molar-refractivity contribution is 0.0526. The van der Waals surface area contributed by atoms with Crippen molar-refractivity contribution in [1.82, 2.24) is 0 Å². The molecular weight excluding hydrogens is 228 g/mol. The van der Waals surface area contributed by atoms with Crippen molar-refractivity contribution in [3.8, 4) is 23.3 Å². The first-order valence-corrected chi connectivity index (χ1v) is 6.18. The maximum absolute atomic E-state index is 5.57. The van der Waals surface area contributed by atoms with Gasteiger partial charge in [-0.2, -0.15) is 0 Å². The molecule has 0 aromatic heterocycles. The van der Waals surface area contributed by atoms with Crippen LogP contribution in [0.1, 0.15) is 24.8 Å². The second-order valence-electron chi connectivity index (χ2n) is 4.19. The van der Waals surface area contributed by atoms with E-state index in [1.807, 2.05) is 18.2 Å². The summed E-state index contributed by atoms with van der Waals surface area (Å²) in [7, 11) is 3.25. The zero-order valence-corrected chi connectivity index (χ0v) is 10.9. The largest absolute Gasteiger partial charge is 0.493 e. The Bertz CT molecular complexity index is 451. The first kappa shape index (κ1) is 12.8. The minimum atomic E-state index is 0.0758. The average Bonchev–Trinajstić information content (AvgIpc) is 2.45. The first-order chi connectivity index (χ1) is 8.83. The van der Waals surface area contributed by atoms with Gasteiger partial charge in [0.25, 0.3) is 0 Å². The molecule has 1 fully saturated rings. The van der Waals surface area contributed by atoms with E-state index in [1.54, 1.807) is 14.2 Å². The van der Waals surface area contributed by atoms with Crippen LogP contribution in [0, 0.1) is 11.8 Å². The molecule has 0 aliphatic carbocycles. The lowest BCUT2D eigenvalue weighted by atomic mass is 10.1. The van der Waals surface area contributed by atoms with Crippen molar-refractivity contribution in [2.45, 2.75) is 25.4 Å². The van der Waals surface area contributed by atoms with E-state index >= 15 is 0 Å². The minimum absolute atomic E-state index is 0.0758. The van der Waals surface area contributed by atoms with Gasteiger partial charge in [-0.25, -0.2) is 0 Å². The molecule has 1 saturated heterocycles. The van der Waals surface area contributed by atoms with Gasteiger partial charge >= 0.3 is 0 Å². The van der Waals surface area contributed by atoms with Crippen molar-refractivity contribution >= 4 is 0 Å². The molecule has 1 aromatic rings. The van der Waals surface area contributed by atoms with Crippen LogP contribution in [0.5, 0.6) is 11.5 Å². The second-order valence-corrected chi connectivity index (χ2v) is 4.19. The fourth-order valence-corrected chi connectivity index (χ4v) is 1.93. The van der Waals surface area contributed by atoms with Crippen molar-refractivity contribution < 1.29 is 14.2 Å². The van der Waals surface area contributed by atoms with Gasteiger partial charge < -0.3 is 14.2 Å². The molecule has 0 bridgehead atoms. The molecule has 0 saturated carbocycles. The fraction of sp³-hybridized carbons (Fsp3) is 0.467. The molecule has 0 amide bonds. The molecule has 1 atom stereocenters. The number of hydrogen-bond acceptors (Lipinski definition) is 3. The van der Waals surface area contributed by atoms with Crippen LogP contribution in [0.2, 0.25) is 0 Å². The van der Waals surface area contributed by atoms with Gasteiger partial charge in [0.2, 0.25) is 0 Å². The Labute approximate surface area is 108 Å². The molecule has 0 radical (unpaired) electrons. The molecule has 96 valence electrons. The maximum atomic E-state index is 5.57. The Morgan fingerprint density at radius 3 is 2.67 bits per heavy atom. The van der Waals surface area contributed by atoms with Crippen LogP contribution in [0.3, 0.4) is 0 Å². The van der Waals surface area contributed by atoms with E-state index in [-0.39, 0.29) is 6.10 Å². The van der Waals surface area contributed by atoms with Gasteiger partial charge in [0.15, 0.2) is 11.5 Å². The molecule has 1 aromatic carbocycles. The predicted octanol–water partition coefficient (Wildman–Crippen LogP) is 2.62. The molecule has 3 heteroatoms. The first-order valence-electron chi connectivity index (χ1n) is 6.18. The Morgan fingerprint density at radius 1 is 1.17 bits per heavy atom. The molecular formula is C15H18O3. The second kappa shape index (κ2) is 6.32. The van der Waals surface area contributed by atoms with Gasteiger partial charge in [-0.3, -0.25) is 0 Å². The topological polar surface area (TPSA) is 27.7 Å². The number of methoxy groups -OCH3 is 2. The molecule has 0 N–H and O–H groups in total. The van der Waals surface area contributed by atoms with E-state index < -0.39 is 0 Å². The van der Waals surface area contributed by atoms with Crippen molar-refractivity contribution in [3.05, 3.63) is 23.8 Å². The van der Waals surface area contributed by atoms with Crippen LogP contribution in [0.4, 0.5) is 0 Å². The van der Waals surface area contributed by atoms with Crippen molar-refractivity contribution in [3.63, 3.8) is 0 Å². The fourth-order valence-electron chi connectivity index (χ4n) is 1.93. The summed E-state index contributed by atoms with van der Waals surface area (Å²) in [4.78, 5) is 0. The summed E-state index contributed by atoms with van der Waals surface area (Å²) >= 11 is 0. The van der Waals surface area contributed by atoms with E-state index in [1.165, 1.54) is 6.42 Å². The van der Waals surface area contributed by atoms with Gasteiger partial charge in [-0.1, -0.05) is 11.8 Å². The third-order valence-corrected chi connectivity index (χ3v) is 2.94. The summed E-state index contributed by atoms with van der Waals surface area (Å²) < 4.78 is 16.0. The molecule has 18 heavy (non-hydrogen) atoms. The molecule has 1 aliphatic rings. The van der Waals surface area contributed by atoms with E-state index in [9.17, 15) is 0 Å². The molecule has 1 aliphatic heterocycles. The van der Waals surface area contributed by atoms with Crippen molar-refractivity contribution in [2.24, 2.45) is 0 Å². The molecule has 1 heterocycles. The zero-order valence-electron chi connectivity index (χ0n) is 10.9. The van der Waals surface area contributed by atoms with E-state index in [0.29, 0.717) is 5.75 Å². The summed E-state index contributed by atoms with van der Waals surface area (Å²) in [6, 6.07) is 5.68. The van der Waals surface area contributed by atoms with Gasteiger partial charge in [0, 0.05) is 12.2 Å². The summed E-state index contributed by atoms with van der Waals surface area (Å²) in [6.07, 6.45) is 3.45. The molecule has 0 spiro atoms. The monoisotopic (exact) mass is 246 g/mol. The SMILES string of the molecule is COc1ccc(C#C[C@H]2CCCCO2)cc1OC. The van der Waals surface area contributed by atoms with Crippen LogP contribution >= 0.6 is 0 Å². The Hall–Kier alpha value is -1.66. The van der Waals surface area contributed by atoms with Crippen molar-refractivity contribution in [1.29, 1.82) is 0 Å². The van der Waals surface area contributed by atoms with Crippen LogP contribution in [0.15, 0.2) is 18.2 Å². The van der Waals surface area contributed by atoms with Gasteiger partial charge in [0.1, 0.15) is 6.10 Å². The summed E-state index contributed by atoms with van der Waals surface area (Å²) in [5, 5.41) is 0. The Kier molecular flexibility index (Phi) is 4.49. The van der Waals surface area contributed by atoms with Gasteiger partial charge in [-0.15, -0.1) is 0 Å². The third kappa shape index (κ3) is 3.18. The number of hydrogen-bond donors (Lipinski definition) is 0. The molecule has 0 unspecified atom stereocenters. The highest BCUT2D eigenvalue weighted by Crippen LogP contribution is 2.27. The van der Waals surface area contributed by atoms with Crippen LogP contribution < -0.4 is 9.47 Å². The zero-order chi connectivity index (χ0) is 12.8. The van der Waals surface area contributed by atoms with E-state index in [0.717, 1.165) is 30.8 Å². The predicted molar refractivity (Wildman–Crippen MR) is 70.0 cm³/mol. The minimum Gasteiger partial charge on any atom is -0.493 e. The highest BCUT2D eigenvalue weighted by atomic mass is 16.5. The van der Waals surface area contributed by atoms with Gasteiger partial charge in [-0.05, 0) is 37.5 Å². The lowest BCUT2D eigenvalue weighted by Gasteiger charge is -2.17. The number of rotatable bonds is 2. The maximum Gasteiger partial charge on any atom is 0.161 e. The normalized spacial score (nSPS) is 18.7. The quantitative estimate of drug-likeness (QED) is 0.751. The standard InChI is InChI=1S/C15H18O3/c1-16-14-9-7-12(11-15(14)17-2)6-8-13-5-3-4-10-18-13/h7,9,11,13H,3-5,10H2,1-2H3/t13-/m1/s1. The lowest BCUT2D eigenvalue weighted by Crippen LogP contribution is -2.16. The van der Waals surface area contributed by atoms with Crippen LogP contribution in [-0.2, 0) is 4.74 Å². The Morgan fingerprint density at radius 2 is 2.00 bits per heavy atom. The van der Waals surface area contributed by atoms with Crippen molar-refractivity contribution in [2.75, 3.05) is 20.8 Å². The smallest absolute Gasteiger partial charge is 0.161 e. The average molecular weight is 246 g/mol. The summed E-state index contributed by atoms with van der Waals surface area (Å²) in [5.41, 5.74) is 0.918. The highest BCUT2D eigenvalue weighted by Gasteiger charge is 2.10.